The van der Waals surface area contributed by atoms with Crippen molar-refractivity contribution in [2.75, 3.05) is 18.0 Å². The van der Waals surface area contributed by atoms with Crippen molar-refractivity contribution in [3.63, 3.8) is 0 Å². The molecule has 0 unspecified atom stereocenters. The zero-order valence-corrected chi connectivity index (χ0v) is 11.7. The van der Waals surface area contributed by atoms with Crippen molar-refractivity contribution in [2.24, 2.45) is 0 Å². The van der Waals surface area contributed by atoms with Crippen molar-refractivity contribution in [2.45, 2.75) is 25.1 Å². The summed E-state index contributed by atoms with van der Waals surface area (Å²) in [5, 5.41) is 20.3. The molecule has 1 aliphatic rings. The molecule has 1 aromatic carbocycles. The molecular weight excluding hydrogens is 313 g/mol. The minimum Gasteiger partial charge on any atom is -0.386 e. The molecule has 0 aliphatic carbocycles. The molecule has 0 spiro atoms. The van der Waals surface area contributed by atoms with E-state index in [1.165, 1.54) is 4.90 Å². The molecule has 1 fully saturated rings. The highest BCUT2D eigenvalue weighted by molar-refractivity contribution is 6.31. The number of hydrogen-bond donors (Lipinski definition) is 1. The van der Waals surface area contributed by atoms with Gasteiger partial charge in [0.05, 0.1) is 21.1 Å². The monoisotopic (exact) mass is 324 g/mol. The number of rotatable bonds is 3. The van der Waals surface area contributed by atoms with E-state index in [0.29, 0.717) is 12.5 Å². The number of hydrogen-bond acceptors (Lipinski definition) is 4. The third-order valence-electron chi connectivity index (χ3n) is 3.54. The number of benzene rings is 1. The molecule has 0 bridgehead atoms. The van der Waals surface area contributed by atoms with Gasteiger partial charge < -0.3 is 10.0 Å². The van der Waals surface area contributed by atoms with Crippen LogP contribution in [-0.2, 0) is 6.18 Å². The Labute approximate surface area is 123 Å². The number of aliphatic hydroxyl groups is 1. The zero-order valence-electron chi connectivity index (χ0n) is 10.9. The average Bonchev–Trinajstić information content (AvgIpc) is 2.32. The molecule has 0 amide bonds. The Kier molecular flexibility index (Phi) is 3.79. The van der Waals surface area contributed by atoms with Crippen LogP contribution in [0.4, 0.5) is 24.5 Å². The van der Waals surface area contributed by atoms with E-state index in [9.17, 15) is 28.4 Å². The van der Waals surface area contributed by atoms with E-state index in [2.05, 4.69) is 0 Å². The van der Waals surface area contributed by atoms with E-state index in [4.69, 9.17) is 11.6 Å². The fourth-order valence-corrected chi connectivity index (χ4v) is 2.49. The van der Waals surface area contributed by atoms with Gasteiger partial charge in [-0.05, 0) is 12.5 Å². The van der Waals surface area contributed by atoms with Crippen LogP contribution in [0.25, 0.3) is 0 Å². The highest BCUT2D eigenvalue weighted by Gasteiger charge is 2.43. The molecule has 5 nitrogen and oxygen atoms in total. The van der Waals surface area contributed by atoms with Crippen LogP contribution in [0.15, 0.2) is 12.1 Å². The lowest BCUT2D eigenvalue weighted by Gasteiger charge is -2.47. The van der Waals surface area contributed by atoms with E-state index >= 15 is 0 Å². The molecule has 1 saturated heterocycles. The van der Waals surface area contributed by atoms with Gasteiger partial charge in [0, 0.05) is 19.2 Å². The first-order valence-electron chi connectivity index (χ1n) is 6.10. The van der Waals surface area contributed by atoms with Gasteiger partial charge in [0.15, 0.2) is 0 Å². The number of nitro groups is 1. The minimum absolute atomic E-state index is 0.0175. The van der Waals surface area contributed by atoms with E-state index < -0.39 is 33.0 Å². The van der Waals surface area contributed by atoms with Crippen molar-refractivity contribution >= 4 is 23.0 Å². The van der Waals surface area contributed by atoms with Crippen LogP contribution < -0.4 is 4.90 Å². The van der Waals surface area contributed by atoms with Crippen LogP contribution >= 0.6 is 11.6 Å². The number of β-amino-alcohol motifs (C(OH)–C–C–N with tert-alkyl or cyclic N) is 1. The summed E-state index contributed by atoms with van der Waals surface area (Å²) in [4.78, 5) is 11.5. The number of nitrogens with zero attached hydrogens (tertiary/aromatic N) is 2. The largest absolute Gasteiger partial charge is 0.418 e. The van der Waals surface area contributed by atoms with E-state index in [-0.39, 0.29) is 18.8 Å². The van der Waals surface area contributed by atoms with Gasteiger partial charge in [0.1, 0.15) is 5.69 Å². The first-order valence-corrected chi connectivity index (χ1v) is 6.47. The normalized spacial score (nSPS) is 17.5. The summed E-state index contributed by atoms with van der Waals surface area (Å²) >= 11 is 5.59. The predicted octanol–water partition coefficient (Wildman–Crippen LogP) is 3.23. The second-order valence-electron chi connectivity index (χ2n) is 5.01. The fraction of sp³-hybridized carbons (Fsp3) is 0.500. The van der Waals surface area contributed by atoms with Gasteiger partial charge in [-0.3, -0.25) is 10.1 Å². The van der Waals surface area contributed by atoms with Crippen molar-refractivity contribution in [3.8, 4) is 0 Å². The second-order valence-corrected chi connectivity index (χ2v) is 5.42. The maximum Gasteiger partial charge on any atom is 0.418 e. The molecule has 0 saturated carbocycles. The molecule has 0 aromatic heterocycles. The van der Waals surface area contributed by atoms with E-state index in [0.717, 1.165) is 6.07 Å². The lowest BCUT2D eigenvalue weighted by Crippen LogP contribution is -2.61. The van der Waals surface area contributed by atoms with Gasteiger partial charge in [-0.2, -0.15) is 13.2 Å². The number of nitro benzene ring substituents is 1. The Bertz CT molecular complexity index is 586. The summed E-state index contributed by atoms with van der Waals surface area (Å²) in [5.41, 5.74) is -2.91. The topological polar surface area (TPSA) is 66.6 Å². The lowest BCUT2D eigenvalue weighted by molar-refractivity contribution is -0.384. The lowest BCUT2D eigenvalue weighted by atomic mass is 9.90. The Balaban J connectivity index is 2.43. The van der Waals surface area contributed by atoms with Gasteiger partial charge in [-0.25, -0.2) is 0 Å². The van der Waals surface area contributed by atoms with Crippen molar-refractivity contribution in [3.05, 3.63) is 32.8 Å². The molecule has 1 aliphatic heterocycles. The molecule has 0 atom stereocenters. The van der Waals surface area contributed by atoms with Crippen molar-refractivity contribution in [1.29, 1.82) is 0 Å². The number of halogens is 4. The first kappa shape index (κ1) is 15.8. The molecule has 1 aromatic rings. The first-order chi connectivity index (χ1) is 9.57. The Hall–Kier alpha value is -1.54. The quantitative estimate of drug-likeness (QED) is 0.684. The summed E-state index contributed by atoms with van der Waals surface area (Å²) in [6.45, 7) is 1.99. The molecular formula is C12H12ClF3N2O3. The third-order valence-corrected chi connectivity index (χ3v) is 3.85. The Morgan fingerprint density at radius 3 is 2.48 bits per heavy atom. The highest BCUT2D eigenvalue weighted by atomic mass is 35.5. The number of anilines is 1. The smallest absolute Gasteiger partial charge is 0.386 e. The standard InChI is InChI=1S/C12H12ClF3N2O3/c1-2-11(19)5-17(6-11)9-4-8(13)7(12(14,15)16)3-10(9)18(20)21/h3-4,19H,2,5-6H2,1H3. The summed E-state index contributed by atoms with van der Waals surface area (Å²) in [6.07, 6.45) is -4.31. The molecule has 9 heteroatoms. The predicted molar refractivity (Wildman–Crippen MR) is 70.6 cm³/mol. The molecule has 1 N–H and O–H groups in total. The van der Waals surface area contributed by atoms with Gasteiger partial charge in [-0.15, -0.1) is 0 Å². The molecule has 21 heavy (non-hydrogen) atoms. The van der Waals surface area contributed by atoms with Crippen LogP contribution in [0.2, 0.25) is 5.02 Å². The maximum absolute atomic E-state index is 12.7. The Morgan fingerprint density at radius 2 is 2.05 bits per heavy atom. The molecule has 0 radical (unpaired) electrons. The molecule has 2 rings (SSSR count). The minimum atomic E-state index is -4.76. The summed E-state index contributed by atoms with van der Waals surface area (Å²) in [6, 6.07) is 1.36. The van der Waals surface area contributed by atoms with Crippen LogP contribution in [-0.4, -0.2) is 28.7 Å². The molecule has 116 valence electrons. The third kappa shape index (κ3) is 2.91. The molecule has 1 heterocycles. The van der Waals surface area contributed by atoms with Crippen LogP contribution in [0.5, 0.6) is 0 Å². The highest BCUT2D eigenvalue weighted by Crippen LogP contribution is 2.43. The van der Waals surface area contributed by atoms with Crippen molar-refractivity contribution < 1.29 is 23.2 Å². The Morgan fingerprint density at radius 1 is 1.48 bits per heavy atom. The van der Waals surface area contributed by atoms with Gasteiger partial charge >= 0.3 is 6.18 Å². The zero-order chi connectivity index (χ0) is 16.0. The second kappa shape index (κ2) is 5.03. The van der Waals surface area contributed by atoms with Gasteiger partial charge in [0.2, 0.25) is 0 Å². The van der Waals surface area contributed by atoms with E-state index in [1.54, 1.807) is 6.92 Å². The van der Waals surface area contributed by atoms with E-state index in [1.807, 2.05) is 0 Å². The maximum atomic E-state index is 12.7. The summed E-state index contributed by atoms with van der Waals surface area (Å²) in [7, 11) is 0. The van der Waals surface area contributed by atoms with Crippen LogP contribution in [0.1, 0.15) is 18.9 Å². The van der Waals surface area contributed by atoms with Gasteiger partial charge in [0.25, 0.3) is 5.69 Å². The van der Waals surface area contributed by atoms with Crippen molar-refractivity contribution in [1.82, 2.24) is 0 Å². The summed E-state index contributed by atoms with van der Waals surface area (Å²) < 4.78 is 38.2. The fourth-order valence-electron chi connectivity index (χ4n) is 2.23. The number of alkyl halides is 3. The SMILES string of the molecule is CCC1(O)CN(c2cc(Cl)c(C(F)(F)F)cc2[N+](=O)[O-])C1. The van der Waals surface area contributed by atoms with Crippen LogP contribution in [0, 0.1) is 10.1 Å². The van der Waals surface area contributed by atoms with Crippen LogP contribution in [0.3, 0.4) is 0 Å². The van der Waals surface area contributed by atoms with Gasteiger partial charge in [-0.1, -0.05) is 18.5 Å². The summed E-state index contributed by atoms with van der Waals surface area (Å²) in [5.74, 6) is 0. The average molecular weight is 325 g/mol.